The summed E-state index contributed by atoms with van der Waals surface area (Å²) >= 11 is 8.38. The van der Waals surface area contributed by atoms with E-state index in [1.54, 1.807) is 11.8 Å². The van der Waals surface area contributed by atoms with E-state index in [2.05, 4.69) is 36.9 Å². The van der Waals surface area contributed by atoms with Crippen LogP contribution in [-0.2, 0) is 14.3 Å². The number of hydrogen-bond donors (Lipinski definition) is 0. The third-order valence-corrected chi connectivity index (χ3v) is 5.20. The van der Waals surface area contributed by atoms with Gasteiger partial charge in [0.15, 0.2) is 0 Å². The quantitative estimate of drug-likeness (QED) is 0.426. The van der Waals surface area contributed by atoms with Gasteiger partial charge in [-0.15, -0.1) is 0 Å². The number of carbonyl (C=O) groups excluding carboxylic acids is 1. The number of rotatable bonds is 3. The number of halogens is 2. The maximum Gasteiger partial charge on any atom is 0.302 e. The van der Waals surface area contributed by atoms with Crippen LogP contribution < -0.4 is 0 Å². The van der Waals surface area contributed by atoms with E-state index in [0.717, 1.165) is 5.04 Å². The Bertz CT molecular complexity index is 386. The summed E-state index contributed by atoms with van der Waals surface area (Å²) in [5, 5.41) is 0.897. The van der Waals surface area contributed by atoms with Crippen molar-refractivity contribution >= 4 is 54.6 Å². The molecular weight excluding hydrogens is 374 g/mol. The molecule has 7 heteroatoms. The van der Waals surface area contributed by atoms with Gasteiger partial charge in [0.05, 0.1) is 11.7 Å². The summed E-state index contributed by atoms with van der Waals surface area (Å²) in [6, 6.07) is 0. The minimum Gasteiger partial charge on any atom is -0.463 e. The fourth-order valence-electron chi connectivity index (χ4n) is 1.65. The Morgan fingerprint density at radius 3 is 3.24 bits per heavy atom. The van der Waals surface area contributed by atoms with Gasteiger partial charge in [-0.1, -0.05) is 55.8 Å². The van der Waals surface area contributed by atoms with Crippen LogP contribution >= 0.6 is 43.6 Å². The molecule has 0 amide bonds. The fraction of sp³-hybridized carbons (Fsp3) is 0.600. The molecule has 2 heterocycles. The first-order valence-electron chi connectivity index (χ1n) is 5.01. The smallest absolute Gasteiger partial charge is 0.302 e. The molecule has 0 spiro atoms. The lowest BCUT2D eigenvalue weighted by molar-refractivity contribution is -0.143. The van der Waals surface area contributed by atoms with Gasteiger partial charge in [0.1, 0.15) is 21.3 Å². The second kappa shape index (κ2) is 5.42. The first kappa shape index (κ1) is 13.6. The standard InChI is InChI=1S/C10H11Br2NO3S/c1-6(14)16-5-10-3-2-4-15-9(10)17-8(13-10)7(11)12/h2-3,7,9H,4-5H2,1H3. The SMILES string of the molecule is CC(=O)OCC12C=CCOC1SC(C(Br)Br)=N2. The average molecular weight is 385 g/mol. The van der Waals surface area contributed by atoms with Crippen molar-refractivity contribution in [3.05, 3.63) is 12.2 Å². The highest BCUT2D eigenvalue weighted by Gasteiger charge is 2.47. The lowest BCUT2D eigenvalue weighted by Crippen LogP contribution is -2.43. The van der Waals surface area contributed by atoms with Crippen molar-refractivity contribution in [3.8, 4) is 0 Å². The first-order valence-corrected chi connectivity index (χ1v) is 7.72. The van der Waals surface area contributed by atoms with E-state index in [-0.39, 0.29) is 21.7 Å². The Kier molecular flexibility index (Phi) is 4.33. The zero-order chi connectivity index (χ0) is 12.5. The summed E-state index contributed by atoms with van der Waals surface area (Å²) in [4.78, 5) is 15.5. The Labute approximate surface area is 120 Å². The number of ether oxygens (including phenoxy) is 2. The minimum absolute atomic E-state index is 0.00296. The molecule has 0 N–H and O–H groups in total. The Balaban J connectivity index is 2.21. The number of thioether (sulfide) groups is 1. The Morgan fingerprint density at radius 1 is 1.82 bits per heavy atom. The fourth-order valence-corrected chi connectivity index (χ4v) is 3.60. The highest BCUT2D eigenvalue weighted by molar-refractivity contribution is 9.25. The second-order valence-corrected chi connectivity index (χ2v) is 7.85. The summed E-state index contributed by atoms with van der Waals surface area (Å²) in [5.41, 5.74) is -0.705. The molecule has 94 valence electrons. The molecule has 4 nitrogen and oxygen atoms in total. The van der Waals surface area contributed by atoms with Crippen molar-refractivity contribution < 1.29 is 14.3 Å². The number of alkyl halides is 2. The van der Waals surface area contributed by atoms with E-state index < -0.39 is 5.54 Å². The van der Waals surface area contributed by atoms with Crippen LogP contribution in [0.2, 0.25) is 0 Å². The highest BCUT2D eigenvalue weighted by Crippen LogP contribution is 2.42. The molecule has 2 aliphatic rings. The van der Waals surface area contributed by atoms with Crippen LogP contribution in [0.15, 0.2) is 17.1 Å². The van der Waals surface area contributed by atoms with Crippen molar-refractivity contribution in [1.29, 1.82) is 0 Å². The van der Waals surface area contributed by atoms with Crippen LogP contribution in [0, 0.1) is 0 Å². The maximum absolute atomic E-state index is 10.9. The van der Waals surface area contributed by atoms with Gasteiger partial charge < -0.3 is 9.47 Å². The summed E-state index contributed by atoms with van der Waals surface area (Å²) in [6.45, 7) is 2.17. The summed E-state index contributed by atoms with van der Waals surface area (Å²) in [6.07, 6.45) is 3.87. The third-order valence-electron chi connectivity index (χ3n) is 2.40. The van der Waals surface area contributed by atoms with Crippen LogP contribution in [0.25, 0.3) is 0 Å². The summed E-state index contributed by atoms with van der Waals surface area (Å²) in [5.74, 6) is -0.306. The largest absolute Gasteiger partial charge is 0.463 e. The monoisotopic (exact) mass is 383 g/mol. The maximum atomic E-state index is 10.9. The van der Waals surface area contributed by atoms with E-state index in [4.69, 9.17) is 9.47 Å². The zero-order valence-electron chi connectivity index (χ0n) is 9.06. The molecule has 0 aromatic heterocycles. The van der Waals surface area contributed by atoms with Crippen molar-refractivity contribution in [2.45, 2.75) is 21.6 Å². The molecule has 2 atom stereocenters. The van der Waals surface area contributed by atoms with E-state index in [1.165, 1.54) is 6.92 Å². The number of carbonyl (C=O) groups is 1. The van der Waals surface area contributed by atoms with Gasteiger partial charge >= 0.3 is 5.97 Å². The molecule has 0 aromatic rings. The van der Waals surface area contributed by atoms with E-state index >= 15 is 0 Å². The van der Waals surface area contributed by atoms with E-state index in [1.807, 2.05) is 12.2 Å². The van der Waals surface area contributed by atoms with Gasteiger partial charge in [0.2, 0.25) is 0 Å². The number of hydrogen-bond acceptors (Lipinski definition) is 5. The van der Waals surface area contributed by atoms with Gasteiger partial charge in [-0.05, 0) is 0 Å². The first-order chi connectivity index (χ1) is 8.03. The molecule has 0 saturated carbocycles. The van der Waals surface area contributed by atoms with Gasteiger partial charge in [-0.3, -0.25) is 9.79 Å². The molecule has 2 unspecified atom stereocenters. The van der Waals surface area contributed by atoms with Crippen LogP contribution in [0.1, 0.15) is 6.92 Å². The van der Waals surface area contributed by atoms with Crippen molar-refractivity contribution in [3.63, 3.8) is 0 Å². The van der Waals surface area contributed by atoms with Crippen molar-refractivity contribution in [2.75, 3.05) is 13.2 Å². The second-order valence-electron chi connectivity index (χ2n) is 3.71. The molecule has 0 radical (unpaired) electrons. The molecular formula is C10H11Br2NO3S. The Hall–Kier alpha value is 0.150. The van der Waals surface area contributed by atoms with E-state index in [0.29, 0.717) is 6.61 Å². The van der Waals surface area contributed by atoms with Gasteiger partial charge in [-0.25, -0.2) is 0 Å². The normalized spacial score (nSPS) is 31.3. The van der Waals surface area contributed by atoms with Crippen LogP contribution in [0.5, 0.6) is 0 Å². The van der Waals surface area contributed by atoms with Gasteiger partial charge in [0, 0.05) is 6.92 Å². The number of aliphatic imine (C=N–C) groups is 1. The molecule has 0 aromatic carbocycles. The van der Waals surface area contributed by atoms with Gasteiger partial charge in [0.25, 0.3) is 0 Å². The molecule has 2 aliphatic heterocycles. The molecule has 0 aliphatic carbocycles. The van der Waals surface area contributed by atoms with Crippen LogP contribution in [0.3, 0.4) is 0 Å². The topological polar surface area (TPSA) is 47.9 Å². The number of esters is 1. The lowest BCUT2D eigenvalue weighted by Gasteiger charge is -2.31. The van der Waals surface area contributed by atoms with Crippen LogP contribution in [0.4, 0.5) is 0 Å². The zero-order valence-corrected chi connectivity index (χ0v) is 13.0. The summed E-state index contributed by atoms with van der Waals surface area (Å²) in [7, 11) is 0. The predicted molar refractivity (Wildman–Crippen MR) is 74.9 cm³/mol. The summed E-state index contributed by atoms with van der Waals surface area (Å²) < 4.78 is 10.7. The van der Waals surface area contributed by atoms with Gasteiger partial charge in [-0.2, -0.15) is 0 Å². The van der Waals surface area contributed by atoms with Crippen LogP contribution in [-0.4, -0.2) is 38.9 Å². The molecule has 2 rings (SSSR count). The molecule has 0 saturated heterocycles. The predicted octanol–water partition coefficient (Wildman–Crippen LogP) is 2.46. The van der Waals surface area contributed by atoms with Crippen molar-refractivity contribution in [2.24, 2.45) is 4.99 Å². The molecule has 17 heavy (non-hydrogen) atoms. The number of nitrogens with zero attached hydrogens (tertiary/aromatic N) is 1. The Morgan fingerprint density at radius 2 is 2.59 bits per heavy atom. The third kappa shape index (κ3) is 2.94. The molecule has 0 fully saturated rings. The minimum atomic E-state index is -0.580. The van der Waals surface area contributed by atoms with Crippen molar-refractivity contribution in [1.82, 2.24) is 0 Å². The average Bonchev–Trinajstić information content (AvgIpc) is 2.66. The van der Waals surface area contributed by atoms with E-state index in [9.17, 15) is 4.79 Å². The highest BCUT2D eigenvalue weighted by atomic mass is 79.9. The lowest BCUT2D eigenvalue weighted by atomic mass is 10.0. The molecule has 0 bridgehead atoms. The number of fused-ring (bicyclic) bond motifs is 1.